The highest BCUT2D eigenvalue weighted by Crippen LogP contribution is 2.38. The maximum Gasteiger partial charge on any atom is 0.469 e. The number of aliphatic hydroxyl groups is 1. The first-order valence-electron chi connectivity index (χ1n) is 6.17. The summed E-state index contributed by atoms with van der Waals surface area (Å²) in [4.78, 5) is 28.3. The standard InChI is InChI=1S/C11H14FN2O7P/c12-8-9(15)7(5-20-22(17,18)19)21-11(8)14-3-1-2-6(4-14)10(13)16/h1-4,7-9,11,15H,5H2,(H3-,13,16,17,18,19)/p+1/t7-,8?,9?,11-/m1/s1. The maximum atomic E-state index is 14.1. The number of aromatic nitrogens is 1. The van der Waals surface area contributed by atoms with Crippen LogP contribution in [0.4, 0.5) is 4.39 Å². The summed E-state index contributed by atoms with van der Waals surface area (Å²) in [6.07, 6.45) is -3.40. The molecule has 0 bridgehead atoms. The summed E-state index contributed by atoms with van der Waals surface area (Å²) in [7, 11) is -4.76. The van der Waals surface area contributed by atoms with Gasteiger partial charge in [-0.2, -0.15) is 4.57 Å². The third kappa shape index (κ3) is 3.86. The molecule has 1 saturated heterocycles. The smallest absolute Gasteiger partial charge is 0.387 e. The molecule has 1 aliphatic rings. The number of nitrogens with two attached hydrogens (primary N) is 1. The minimum absolute atomic E-state index is 0.114. The average molecular weight is 337 g/mol. The number of halogens is 1. The number of amides is 1. The molecule has 122 valence electrons. The lowest BCUT2D eigenvalue weighted by Gasteiger charge is -2.13. The Morgan fingerprint density at radius 2 is 2.23 bits per heavy atom. The van der Waals surface area contributed by atoms with Gasteiger partial charge >= 0.3 is 7.82 Å². The van der Waals surface area contributed by atoms with Crippen LogP contribution in [0.15, 0.2) is 24.5 Å². The van der Waals surface area contributed by atoms with E-state index in [9.17, 15) is 18.9 Å². The number of nitrogens with zero attached hydrogens (tertiary/aromatic N) is 1. The van der Waals surface area contributed by atoms with Gasteiger partial charge in [0, 0.05) is 6.07 Å². The monoisotopic (exact) mass is 337 g/mol. The fourth-order valence-electron chi connectivity index (χ4n) is 2.05. The SMILES string of the molecule is NC(=O)c1ccc[n+]([C@@H]2O[C@H](COP(=O)(O)O)C(O)C2F)c1. The van der Waals surface area contributed by atoms with Crippen LogP contribution < -0.4 is 10.3 Å². The summed E-state index contributed by atoms with van der Waals surface area (Å²) < 4.78 is 35.4. The summed E-state index contributed by atoms with van der Waals surface area (Å²) >= 11 is 0. The predicted molar refractivity (Wildman–Crippen MR) is 68.0 cm³/mol. The highest BCUT2D eigenvalue weighted by atomic mass is 31.2. The van der Waals surface area contributed by atoms with E-state index in [-0.39, 0.29) is 5.56 Å². The van der Waals surface area contributed by atoms with Crippen molar-refractivity contribution in [1.29, 1.82) is 0 Å². The van der Waals surface area contributed by atoms with E-state index in [1.165, 1.54) is 29.1 Å². The van der Waals surface area contributed by atoms with Crippen LogP contribution in [0.25, 0.3) is 0 Å². The largest absolute Gasteiger partial charge is 0.469 e. The van der Waals surface area contributed by atoms with Crippen LogP contribution >= 0.6 is 7.82 Å². The number of phosphoric ester groups is 1. The first kappa shape index (κ1) is 16.9. The van der Waals surface area contributed by atoms with E-state index in [4.69, 9.17) is 20.3 Å². The molecule has 22 heavy (non-hydrogen) atoms. The Bertz CT molecular complexity index is 610. The number of aliphatic hydroxyl groups excluding tert-OH is 1. The van der Waals surface area contributed by atoms with E-state index < -0.39 is 44.9 Å². The highest BCUT2D eigenvalue weighted by Gasteiger charge is 2.50. The van der Waals surface area contributed by atoms with Gasteiger partial charge in [0.1, 0.15) is 17.8 Å². The second-order valence-corrected chi connectivity index (χ2v) is 5.93. The number of phosphoric acid groups is 1. The highest BCUT2D eigenvalue weighted by molar-refractivity contribution is 7.46. The topological polar surface area (TPSA) is 143 Å². The molecular formula is C11H15FN2O7P+. The maximum absolute atomic E-state index is 14.1. The number of carbonyl (C=O) groups is 1. The van der Waals surface area contributed by atoms with Crippen molar-refractivity contribution in [3.63, 3.8) is 0 Å². The van der Waals surface area contributed by atoms with Gasteiger partial charge in [0.25, 0.3) is 12.1 Å². The molecule has 11 heteroatoms. The zero-order valence-corrected chi connectivity index (χ0v) is 12.0. The number of primary amides is 1. The van der Waals surface area contributed by atoms with Gasteiger partial charge in [-0.25, -0.2) is 8.96 Å². The van der Waals surface area contributed by atoms with Crippen LogP contribution in [-0.4, -0.2) is 45.8 Å². The van der Waals surface area contributed by atoms with E-state index in [0.29, 0.717) is 0 Å². The fraction of sp³-hybridized carbons (Fsp3) is 0.455. The molecule has 9 nitrogen and oxygen atoms in total. The first-order valence-corrected chi connectivity index (χ1v) is 7.70. The van der Waals surface area contributed by atoms with Crippen molar-refractivity contribution in [2.75, 3.05) is 6.61 Å². The van der Waals surface area contributed by atoms with Gasteiger partial charge in [0.15, 0.2) is 12.4 Å². The van der Waals surface area contributed by atoms with Crippen molar-refractivity contribution in [1.82, 2.24) is 0 Å². The number of alkyl halides is 1. The molecular weight excluding hydrogens is 322 g/mol. The predicted octanol–water partition coefficient (Wildman–Crippen LogP) is -1.22. The molecule has 5 N–H and O–H groups in total. The van der Waals surface area contributed by atoms with Crippen molar-refractivity contribution in [3.05, 3.63) is 30.1 Å². The quantitative estimate of drug-likeness (QED) is 0.389. The molecule has 4 atom stereocenters. The minimum atomic E-state index is -4.76. The Morgan fingerprint density at radius 3 is 2.82 bits per heavy atom. The van der Waals surface area contributed by atoms with Gasteiger partial charge < -0.3 is 25.4 Å². The van der Waals surface area contributed by atoms with Crippen LogP contribution in [0, 0.1) is 0 Å². The fourth-order valence-corrected chi connectivity index (χ4v) is 2.39. The number of rotatable bonds is 5. The number of hydrogen-bond donors (Lipinski definition) is 4. The summed E-state index contributed by atoms with van der Waals surface area (Å²) in [5, 5.41) is 9.73. The van der Waals surface area contributed by atoms with E-state index in [2.05, 4.69) is 4.52 Å². The number of pyridine rings is 1. The summed E-state index contributed by atoms with van der Waals surface area (Å²) in [5.74, 6) is -0.718. The summed E-state index contributed by atoms with van der Waals surface area (Å²) in [5.41, 5.74) is 5.24. The lowest BCUT2D eigenvalue weighted by Crippen LogP contribution is -2.45. The Balaban J connectivity index is 2.14. The molecule has 1 aromatic heterocycles. The van der Waals surface area contributed by atoms with E-state index in [1.807, 2.05) is 0 Å². The van der Waals surface area contributed by atoms with Crippen molar-refractivity contribution in [2.45, 2.75) is 24.6 Å². The molecule has 2 unspecified atom stereocenters. The number of ether oxygens (including phenoxy) is 1. The van der Waals surface area contributed by atoms with Gasteiger partial charge in [-0.3, -0.25) is 9.32 Å². The van der Waals surface area contributed by atoms with E-state index in [0.717, 1.165) is 0 Å². The molecule has 0 spiro atoms. The van der Waals surface area contributed by atoms with Crippen molar-refractivity contribution >= 4 is 13.7 Å². The second-order valence-electron chi connectivity index (χ2n) is 4.69. The third-order valence-electron chi connectivity index (χ3n) is 3.10. The molecule has 1 fully saturated rings. The minimum Gasteiger partial charge on any atom is -0.387 e. The van der Waals surface area contributed by atoms with Crippen LogP contribution in [0.1, 0.15) is 16.6 Å². The van der Waals surface area contributed by atoms with E-state index in [1.54, 1.807) is 0 Å². The van der Waals surface area contributed by atoms with Gasteiger partial charge in [-0.1, -0.05) is 0 Å². The van der Waals surface area contributed by atoms with Crippen LogP contribution in [-0.2, 0) is 13.8 Å². The zero-order chi connectivity index (χ0) is 16.5. The molecule has 0 aromatic carbocycles. The Morgan fingerprint density at radius 1 is 1.55 bits per heavy atom. The van der Waals surface area contributed by atoms with E-state index >= 15 is 0 Å². The Kier molecular flexibility index (Phi) is 4.90. The van der Waals surface area contributed by atoms with Crippen LogP contribution in [0.2, 0.25) is 0 Å². The lowest BCUT2D eigenvalue weighted by molar-refractivity contribution is -0.764. The molecule has 1 aliphatic heterocycles. The molecule has 0 saturated carbocycles. The normalized spacial score (nSPS) is 28.7. The molecule has 2 rings (SSSR count). The van der Waals surface area contributed by atoms with Gasteiger partial charge in [-0.05, 0) is 6.07 Å². The van der Waals surface area contributed by atoms with Crippen LogP contribution in [0.5, 0.6) is 0 Å². The van der Waals surface area contributed by atoms with Crippen molar-refractivity contribution in [3.8, 4) is 0 Å². The second kappa shape index (κ2) is 6.37. The van der Waals surface area contributed by atoms with Crippen molar-refractivity contribution in [2.24, 2.45) is 5.73 Å². The number of hydrogen-bond acceptors (Lipinski definition) is 5. The average Bonchev–Trinajstić information content (AvgIpc) is 2.72. The molecule has 2 heterocycles. The third-order valence-corrected chi connectivity index (χ3v) is 3.59. The molecule has 1 amide bonds. The molecule has 0 aliphatic carbocycles. The van der Waals surface area contributed by atoms with Gasteiger partial charge in [0.05, 0.1) is 6.61 Å². The van der Waals surface area contributed by atoms with Crippen molar-refractivity contribution < 1.29 is 42.5 Å². The molecule has 0 radical (unpaired) electrons. The summed E-state index contributed by atoms with van der Waals surface area (Å²) in [6, 6.07) is 2.87. The lowest BCUT2D eigenvalue weighted by atomic mass is 10.1. The Labute approximate surface area is 124 Å². The summed E-state index contributed by atoms with van der Waals surface area (Å²) in [6.45, 7) is -0.682. The Hall–Kier alpha value is -1.42. The first-order chi connectivity index (χ1) is 10.2. The van der Waals surface area contributed by atoms with Gasteiger partial charge in [0.2, 0.25) is 6.17 Å². The zero-order valence-electron chi connectivity index (χ0n) is 11.2. The van der Waals surface area contributed by atoms with Crippen LogP contribution in [0.3, 0.4) is 0 Å². The van der Waals surface area contributed by atoms with Gasteiger partial charge in [-0.15, -0.1) is 0 Å². The number of carbonyl (C=O) groups excluding carboxylic acids is 1. The molecule has 1 aromatic rings.